The van der Waals surface area contributed by atoms with Crippen LogP contribution >= 0.6 is 0 Å². The van der Waals surface area contributed by atoms with E-state index in [2.05, 4.69) is 10.4 Å². The molecule has 2 heterocycles. The summed E-state index contributed by atoms with van der Waals surface area (Å²) in [6.45, 7) is 7.85. The second kappa shape index (κ2) is 10.0. The Morgan fingerprint density at radius 1 is 1.05 bits per heavy atom. The van der Waals surface area contributed by atoms with Crippen molar-refractivity contribution in [2.45, 2.75) is 72.5 Å². The van der Waals surface area contributed by atoms with Crippen molar-refractivity contribution >= 4 is 28.4 Å². The summed E-state index contributed by atoms with van der Waals surface area (Å²) in [6.07, 6.45) is 4.08. The molecule has 1 amide bonds. The lowest BCUT2D eigenvalue weighted by Crippen LogP contribution is -2.33. The van der Waals surface area contributed by atoms with E-state index >= 15 is 0 Å². The predicted octanol–water partition coefficient (Wildman–Crippen LogP) is 3.64. The number of rotatable bonds is 7. The van der Waals surface area contributed by atoms with E-state index in [1.54, 1.807) is 24.3 Å². The molecule has 4 aromatic rings. The number of carbonyl (C=O) groups excluding carboxylic acids is 2. The second-order valence-electron chi connectivity index (χ2n) is 10.8. The number of ketones is 1. The zero-order chi connectivity index (χ0) is 27.1. The van der Waals surface area contributed by atoms with Gasteiger partial charge in [0.25, 0.3) is 11.5 Å². The van der Waals surface area contributed by atoms with Crippen LogP contribution in [-0.4, -0.2) is 36.5 Å². The first-order chi connectivity index (χ1) is 18.1. The van der Waals surface area contributed by atoms with Crippen molar-refractivity contribution in [3.8, 4) is 0 Å². The molecule has 1 fully saturated rings. The summed E-state index contributed by atoms with van der Waals surface area (Å²) in [6, 6.07) is 10.5. The largest absolute Gasteiger partial charge is 0.352 e. The lowest BCUT2D eigenvalue weighted by molar-refractivity contribution is 0.0935. The topological polar surface area (TPSA) is 107 Å². The Morgan fingerprint density at radius 2 is 1.79 bits per heavy atom. The van der Waals surface area contributed by atoms with Gasteiger partial charge in [-0.05, 0) is 56.4 Å². The molecule has 0 atom stereocenters. The lowest BCUT2D eigenvalue weighted by Gasteiger charge is -2.14. The number of nitrogens with zero attached hydrogens (tertiary/aromatic N) is 4. The van der Waals surface area contributed by atoms with Gasteiger partial charge in [0, 0.05) is 23.7 Å². The number of aromatic nitrogens is 4. The summed E-state index contributed by atoms with van der Waals surface area (Å²) in [5.41, 5.74) is 2.25. The quantitative estimate of drug-likeness (QED) is 0.378. The summed E-state index contributed by atoms with van der Waals surface area (Å²) >= 11 is 0. The third-order valence-electron chi connectivity index (χ3n) is 7.25. The van der Waals surface area contributed by atoms with Crippen molar-refractivity contribution in [2.24, 2.45) is 5.92 Å². The van der Waals surface area contributed by atoms with Crippen molar-refractivity contribution in [1.82, 2.24) is 24.1 Å². The average molecular weight is 516 g/mol. The summed E-state index contributed by atoms with van der Waals surface area (Å²) < 4.78 is 3.93. The highest BCUT2D eigenvalue weighted by Crippen LogP contribution is 2.20. The van der Waals surface area contributed by atoms with Crippen molar-refractivity contribution in [2.75, 3.05) is 0 Å². The Kier molecular flexibility index (Phi) is 6.77. The third kappa shape index (κ3) is 4.68. The van der Waals surface area contributed by atoms with Crippen molar-refractivity contribution in [3.63, 3.8) is 0 Å². The molecular formula is C29H33N5O4. The smallest absolute Gasteiger partial charge is 0.349 e. The SMILES string of the molecule is Cc1ccc(C(=O)Cn2nc3n(CC(C)C)c(=O)c4ccc(C(=O)NC5CCCC5)cc4n3c2=O)c(C)c1. The van der Waals surface area contributed by atoms with Gasteiger partial charge in [0.1, 0.15) is 6.54 Å². The van der Waals surface area contributed by atoms with E-state index in [0.29, 0.717) is 28.6 Å². The second-order valence-corrected chi connectivity index (χ2v) is 10.8. The number of benzene rings is 2. The predicted molar refractivity (Wildman–Crippen MR) is 146 cm³/mol. The maximum atomic E-state index is 13.7. The molecule has 5 rings (SSSR count). The highest BCUT2D eigenvalue weighted by molar-refractivity contribution is 5.98. The fourth-order valence-corrected chi connectivity index (χ4v) is 5.38. The van der Waals surface area contributed by atoms with E-state index in [1.807, 2.05) is 39.8 Å². The van der Waals surface area contributed by atoms with Crippen LogP contribution in [-0.2, 0) is 13.1 Å². The molecule has 2 aromatic heterocycles. The van der Waals surface area contributed by atoms with Crippen LogP contribution in [0, 0.1) is 19.8 Å². The number of aryl methyl sites for hydroxylation is 2. The van der Waals surface area contributed by atoms with Crippen molar-refractivity contribution in [1.29, 1.82) is 0 Å². The molecule has 1 N–H and O–H groups in total. The van der Waals surface area contributed by atoms with Gasteiger partial charge in [0.15, 0.2) is 5.78 Å². The molecule has 38 heavy (non-hydrogen) atoms. The number of nitrogens with one attached hydrogen (secondary N) is 1. The monoisotopic (exact) mass is 515 g/mol. The lowest BCUT2D eigenvalue weighted by atomic mass is 10.0. The van der Waals surface area contributed by atoms with Gasteiger partial charge in [0.05, 0.1) is 10.9 Å². The van der Waals surface area contributed by atoms with Crippen molar-refractivity contribution in [3.05, 3.63) is 79.5 Å². The van der Waals surface area contributed by atoms with Gasteiger partial charge in [-0.2, -0.15) is 0 Å². The fraction of sp³-hybridized carbons (Fsp3) is 0.414. The molecule has 9 nitrogen and oxygen atoms in total. The molecular weight excluding hydrogens is 482 g/mol. The van der Waals surface area contributed by atoms with Crippen molar-refractivity contribution < 1.29 is 9.59 Å². The minimum atomic E-state index is -0.533. The van der Waals surface area contributed by atoms with E-state index in [4.69, 9.17) is 0 Å². The van der Waals surface area contributed by atoms with Crippen LogP contribution in [0.4, 0.5) is 0 Å². The zero-order valence-electron chi connectivity index (χ0n) is 22.3. The number of hydrogen-bond acceptors (Lipinski definition) is 5. The van der Waals surface area contributed by atoms with Gasteiger partial charge < -0.3 is 5.32 Å². The van der Waals surface area contributed by atoms with Gasteiger partial charge >= 0.3 is 5.69 Å². The first kappa shape index (κ1) is 25.6. The van der Waals surface area contributed by atoms with Gasteiger partial charge in [-0.1, -0.05) is 50.5 Å². The average Bonchev–Trinajstić information content (AvgIpc) is 3.49. The maximum absolute atomic E-state index is 13.7. The molecule has 198 valence electrons. The Hall–Kier alpha value is -4.01. The summed E-state index contributed by atoms with van der Waals surface area (Å²) in [5, 5.41) is 7.83. The fourth-order valence-electron chi connectivity index (χ4n) is 5.38. The van der Waals surface area contributed by atoms with E-state index in [9.17, 15) is 19.2 Å². The minimum Gasteiger partial charge on any atom is -0.349 e. The Bertz CT molecular complexity index is 1690. The summed E-state index contributed by atoms with van der Waals surface area (Å²) in [7, 11) is 0. The number of hydrogen-bond donors (Lipinski definition) is 1. The highest BCUT2D eigenvalue weighted by atomic mass is 16.2. The molecule has 0 saturated heterocycles. The molecule has 0 bridgehead atoms. The Balaban J connectivity index is 1.64. The molecule has 0 aliphatic heterocycles. The van der Waals surface area contributed by atoms with Gasteiger partial charge in [-0.3, -0.25) is 19.0 Å². The molecule has 0 radical (unpaired) electrons. The normalized spacial score (nSPS) is 14.1. The van der Waals surface area contributed by atoms with E-state index in [-0.39, 0.29) is 41.5 Å². The Morgan fingerprint density at radius 3 is 2.47 bits per heavy atom. The van der Waals surface area contributed by atoms with Crippen LogP contribution in [0.1, 0.15) is 71.4 Å². The van der Waals surface area contributed by atoms with Crippen LogP contribution in [0.2, 0.25) is 0 Å². The molecule has 9 heteroatoms. The molecule has 1 aliphatic carbocycles. The van der Waals surface area contributed by atoms with E-state index in [0.717, 1.165) is 41.5 Å². The highest BCUT2D eigenvalue weighted by Gasteiger charge is 2.22. The first-order valence-electron chi connectivity index (χ1n) is 13.2. The number of carbonyl (C=O) groups is 2. The standard InChI is InChI=1S/C29H33N5O4/c1-17(2)15-32-27(37)23-12-10-20(26(36)30-21-7-5-6-8-21)14-24(23)34-28(32)31-33(29(34)38)16-25(35)22-11-9-18(3)13-19(22)4/h9-14,17,21H,5-8,15-16H2,1-4H3,(H,30,36). The first-order valence-corrected chi connectivity index (χ1v) is 13.2. The molecule has 1 aliphatic rings. The molecule has 2 aromatic carbocycles. The number of amides is 1. The van der Waals surface area contributed by atoms with Crippen LogP contribution in [0.15, 0.2) is 46.0 Å². The number of fused-ring (bicyclic) bond motifs is 3. The molecule has 1 saturated carbocycles. The third-order valence-corrected chi connectivity index (χ3v) is 7.25. The molecule has 0 spiro atoms. The van der Waals surface area contributed by atoms with Crippen LogP contribution in [0.3, 0.4) is 0 Å². The van der Waals surface area contributed by atoms with Crippen LogP contribution in [0.5, 0.6) is 0 Å². The Labute approximate surface area is 220 Å². The summed E-state index contributed by atoms with van der Waals surface area (Å²) in [5.74, 6) is -0.207. The summed E-state index contributed by atoms with van der Waals surface area (Å²) in [4.78, 5) is 53.3. The van der Waals surface area contributed by atoms with Gasteiger partial charge in [0.2, 0.25) is 5.78 Å². The van der Waals surface area contributed by atoms with Gasteiger partial charge in [-0.25, -0.2) is 13.9 Å². The van der Waals surface area contributed by atoms with Crippen LogP contribution in [0.25, 0.3) is 16.7 Å². The minimum absolute atomic E-state index is 0.113. The number of Topliss-reactive ketones (excluding diaryl/α,β-unsaturated/α-hetero) is 1. The van der Waals surface area contributed by atoms with E-state index in [1.165, 1.54) is 8.97 Å². The zero-order valence-corrected chi connectivity index (χ0v) is 22.3. The van der Waals surface area contributed by atoms with E-state index < -0.39 is 5.69 Å². The molecule has 0 unspecified atom stereocenters. The van der Waals surface area contributed by atoms with Crippen LogP contribution < -0.4 is 16.6 Å². The van der Waals surface area contributed by atoms with Gasteiger partial charge in [-0.15, -0.1) is 5.10 Å². The maximum Gasteiger partial charge on any atom is 0.352 e.